The van der Waals surface area contributed by atoms with Crippen LogP contribution in [-0.4, -0.2) is 75.0 Å². The predicted octanol–water partition coefficient (Wildman–Crippen LogP) is 0.607. The zero-order valence-electron chi connectivity index (χ0n) is 15.4. The molecule has 0 bridgehead atoms. The summed E-state index contributed by atoms with van der Waals surface area (Å²) in [5.74, 6) is 0.823. The number of piperidine rings is 1. The van der Waals surface area contributed by atoms with Crippen LogP contribution in [0.2, 0.25) is 0 Å². The van der Waals surface area contributed by atoms with E-state index in [4.69, 9.17) is 4.74 Å². The second-order valence-corrected chi connectivity index (χ2v) is 8.93. The summed E-state index contributed by atoms with van der Waals surface area (Å²) in [5.41, 5.74) is 1.08. The van der Waals surface area contributed by atoms with Crippen LogP contribution in [0.3, 0.4) is 0 Å². The number of morpholine rings is 1. The lowest BCUT2D eigenvalue weighted by Crippen LogP contribution is -2.46. The molecule has 2 aliphatic rings. The zero-order chi connectivity index (χ0) is 18.4. The van der Waals surface area contributed by atoms with Gasteiger partial charge in [-0.15, -0.1) is 0 Å². The second-order valence-electron chi connectivity index (χ2n) is 7.09. The molecular weight excluding hydrogens is 354 g/mol. The minimum absolute atomic E-state index is 0.194. The molecule has 1 unspecified atom stereocenters. The Labute approximate surface area is 156 Å². The summed E-state index contributed by atoms with van der Waals surface area (Å²) < 4.78 is 30.6. The molecule has 1 atom stereocenters. The van der Waals surface area contributed by atoms with Gasteiger partial charge in [0, 0.05) is 56.7 Å². The van der Waals surface area contributed by atoms with Crippen molar-refractivity contribution in [2.45, 2.75) is 38.3 Å². The number of nitrogens with one attached hydrogen (secondary N) is 1. The highest BCUT2D eigenvalue weighted by Crippen LogP contribution is 2.17. The first-order chi connectivity index (χ1) is 12.5. The summed E-state index contributed by atoms with van der Waals surface area (Å²) in [7, 11) is -3.15. The van der Waals surface area contributed by atoms with Crippen molar-refractivity contribution in [1.29, 1.82) is 0 Å². The minimum Gasteiger partial charge on any atom is -0.378 e. The largest absolute Gasteiger partial charge is 0.378 e. The molecule has 26 heavy (non-hydrogen) atoms. The normalized spacial score (nSPS) is 22.5. The molecule has 3 heterocycles. The Morgan fingerprint density at radius 1 is 1.19 bits per heavy atom. The van der Waals surface area contributed by atoms with E-state index in [-0.39, 0.29) is 6.04 Å². The number of sulfonamides is 1. The molecule has 0 spiro atoms. The van der Waals surface area contributed by atoms with Gasteiger partial charge in [0.15, 0.2) is 0 Å². The number of rotatable bonds is 7. The average molecular weight is 384 g/mol. The molecular formula is C17H29N5O3S. The quantitative estimate of drug-likeness (QED) is 0.738. The van der Waals surface area contributed by atoms with Crippen molar-refractivity contribution in [2.75, 3.05) is 50.5 Å². The van der Waals surface area contributed by atoms with E-state index < -0.39 is 10.0 Å². The highest BCUT2D eigenvalue weighted by Gasteiger charge is 2.23. The maximum atomic E-state index is 11.2. The molecule has 1 aromatic heterocycles. The van der Waals surface area contributed by atoms with Gasteiger partial charge in [0.05, 0.1) is 19.5 Å². The maximum Gasteiger partial charge on any atom is 0.225 e. The molecule has 3 rings (SSSR count). The molecule has 2 fully saturated rings. The summed E-state index contributed by atoms with van der Waals surface area (Å²) in [6, 6.07) is 0.194. The van der Waals surface area contributed by atoms with Crippen LogP contribution in [-0.2, 0) is 21.3 Å². The Bertz CT molecular complexity index is 661. The lowest BCUT2D eigenvalue weighted by Gasteiger charge is -2.35. The van der Waals surface area contributed by atoms with Crippen LogP contribution >= 0.6 is 0 Å². The van der Waals surface area contributed by atoms with Crippen molar-refractivity contribution >= 4 is 16.0 Å². The van der Waals surface area contributed by atoms with Crippen molar-refractivity contribution in [3.8, 4) is 0 Å². The van der Waals surface area contributed by atoms with E-state index in [0.717, 1.165) is 44.1 Å². The van der Waals surface area contributed by atoms with E-state index in [0.29, 0.717) is 19.8 Å². The summed E-state index contributed by atoms with van der Waals surface area (Å²) in [4.78, 5) is 13.7. The fourth-order valence-corrected chi connectivity index (χ4v) is 3.98. The highest BCUT2D eigenvalue weighted by atomic mass is 32.2. The van der Waals surface area contributed by atoms with Gasteiger partial charge in [0.25, 0.3) is 0 Å². The molecule has 8 nitrogen and oxygen atoms in total. The van der Waals surface area contributed by atoms with Gasteiger partial charge in [-0.25, -0.2) is 23.1 Å². The molecule has 0 amide bonds. The molecule has 146 valence electrons. The van der Waals surface area contributed by atoms with Crippen LogP contribution < -0.4 is 9.62 Å². The Kier molecular flexibility index (Phi) is 6.80. The summed E-state index contributed by atoms with van der Waals surface area (Å²) >= 11 is 0. The molecule has 0 aliphatic carbocycles. The van der Waals surface area contributed by atoms with Crippen molar-refractivity contribution in [3.63, 3.8) is 0 Å². The third-order valence-corrected chi connectivity index (χ3v) is 5.64. The third kappa shape index (κ3) is 5.87. The van der Waals surface area contributed by atoms with Crippen LogP contribution in [0.5, 0.6) is 0 Å². The Hall–Kier alpha value is -1.29. The van der Waals surface area contributed by atoms with Gasteiger partial charge < -0.3 is 9.64 Å². The first kappa shape index (κ1) is 19.5. The first-order valence-electron chi connectivity index (χ1n) is 9.33. The summed E-state index contributed by atoms with van der Waals surface area (Å²) in [6.07, 6.45) is 9.45. The molecule has 0 saturated carbocycles. The number of anilines is 1. The van der Waals surface area contributed by atoms with E-state index in [2.05, 4.69) is 24.5 Å². The smallest absolute Gasteiger partial charge is 0.225 e. The second kappa shape index (κ2) is 9.07. The first-order valence-corrected chi connectivity index (χ1v) is 11.2. The van der Waals surface area contributed by atoms with Gasteiger partial charge in [-0.1, -0.05) is 0 Å². The molecule has 9 heteroatoms. The molecule has 2 saturated heterocycles. The van der Waals surface area contributed by atoms with Gasteiger partial charge in [-0.05, 0) is 25.7 Å². The van der Waals surface area contributed by atoms with E-state index in [9.17, 15) is 8.42 Å². The number of hydrogen-bond donors (Lipinski definition) is 1. The van der Waals surface area contributed by atoms with Crippen LogP contribution in [0.1, 0.15) is 31.2 Å². The molecule has 1 N–H and O–H groups in total. The van der Waals surface area contributed by atoms with E-state index >= 15 is 0 Å². The van der Waals surface area contributed by atoms with Crippen LogP contribution in [0, 0.1) is 0 Å². The lowest BCUT2D eigenvalue weighted by atomic mass is 10.1. The zero-order valence-corrected chi connectivity index (χ0v) is 16.2. The van der Waals surface area contributed by atoms with Crippen molar-refractivity contribution in [3.05, 3.63) is 18.0 Å². The van der Waals surface area contributed by atoms with Crippen molar-refractivity contribution in [2.24, 2.45) is 0 Å². The van der Waals surface area contributed by atoms with Gasteiger partial charge in [0.2, 0.25) is 16.0 Å². The van der Waals surface area contributed by atoms with Crippen molar-refractivity contribution in [1.82, 2.24) is 19.6 Å². The number of hydrogen-bond acceptors (Lipinski definition) is 7. The SMILES string of the molecule is CS(=O)(=O)NCCC1COCCN1Cc1cnc(N2CCCCC2)nc1. The summed E-state index contributed by atoms with van der Waals surface area (Å²) in [6.45, 7) is 5.41. The van der Waals surface area contributed by atoms with Crippen LogP contribution in [0.4, 0.5) is 5.95 Å². The van der Waals surface area contributed by atoms with Crippen LogP contribution in [0.25, 0.3) is 0 Å². The topological polar surface area (TPSA) is 87.7 Å². The molecule has 1 aromatic rings. The number of aromatic nitrogens is 2. The maximum absolute atomic E-state index is 11.2. The van der Waals surface area contributed by atoms with Gasteiger partial charge >= 0.3 is 0 Å². The fourth-order valence-electron chi connectivity index (χ4n) is 3.50. The van der Waals surface area contributed by atoms with Crippen LogP contribution in [0.15, 0.2) is 12.4 Å². The monoisotopic (exact) mass is 383 g/mol. The molecule has 0 radical (unpaired) electrons. The average Bonchev–Trinajstić information content (AvgIpc) is 2.63. The Morgan fingerprint density at radius 2 is 1.92 bits per heavy atom. The van der Waals surface area contributed by atoms with E-state index in [1.165, 1.54) is 25.5 Å². The van der Waals surface area contributed by atoms with Gasteiger partial charge in [-0.2, -0.15) is 0 Å². The van der Waals surface area contributed by atoms with Gasteiger partial charge in [-0.3, -0.25) is 4.90 Å². The summed E-state index contributed by atoms with van der Waals surface area (Å²) in [5, 5.41) is 0. The fraction of sp³-hybridized carbons (Fsp3) is 0.765. The number of ether oxygens (including phenoxy) is 1. The standard InChI is InChI=1S/C17H29N5O3S/c1-26(23,24)20-6-5-16-14-25-10-9-22(16)13-15-11-18-17(19-12-15)21-7-3-2-4-8-21/h11-12,16,20H,2-10,13-14H2,1H3. The molecule has 2 aliphatic heterocycles. The Morgan fingerprint density at radius 3 is 2.62 bits per heavy atom. The minimum atomic E-state index is -3.15. The highest BCUT2D eigenvalue weighted by molar-refractivity contribution is 7.88. The third-order valence-electron chi connectivity index (χ3n) is 4.91. The van der Waals surface area contributed by atoms with Crippen molar-refractivity contribution < 1.29 is 13.2 Å². The molecule has 0 aromatic carbocycles. The number of nitrogens with zero attached hydrogens (tertiary/aromatic N) is 4. The lowest BCUT2D eigenvalue weighted by molar-refractivity contribution is -0.0139. The predicted molar refractivity (Wildman–Crippen MR) is 101 cm³/mol. The van der Waals surface area contributed by atoms with E-state index in [1.54, 1.807) is 0 Å². The van der Waals surface area contributed by atoms with E-state index in [1.807, 2.05) is 12.4 Å². The Balaban J connectivity index is 1.55. The van der Waals surface area contributed by atoms with Gasteiger partial charge in [0.1, 0.15) is 0 Å².